The van der Waals surface area contributed by atoms with Gasteiger partial charge in [0.2, 0.25) is 17.4 Å². The van der Waals surface area contributed by atoms with Gasteiger partial charge in [-0.05, 0) is 95.8 Å². The topological polar surface area (TPSA) is 61.8 Å². The predicted molar refractivity (Wildman–Crippen MR) is 207 cm³/mol. The Morgan fingerprint density at radius 1 is 0.467 bits per heavy atom. The van der Waals surface area contributed by atoms with Crippen LogP contribution in [0.4, 0.5) is 35.1 Å². The van der Waals surface area contributed by atoms with E-state index in [4.69, 9.17) is 14.2 Å². The van der Waals surface area contributed by atoms with E-state index in [1.807, 2.05) is 26.0 Å². The van der Waals surface area contributed by atoms with Crippen LogP contribution in [0, 0.1) is 46.5 Å². The molecule has 0 radical (unpaired) electrons. The molecule has 0 fully saturated rings. The second kappa shape index (κ2) is 16.6. The standard InChI is InChI=1S/C47H36F8O5/c1-7-46(2,3)34-39(52)35(48)32(36(49)40(34)53)43(56)24-8-16-29(17-9-24)59-30-18-10-25(11-19-30)44(57)33-37(50)41(54)45(42(55)38(33)51)60-31-22-14-27(15-23-31)47(4,5)26-12-20-28(58-6)21-13-26/h8-23H,7H2,1-6H3. The molecule has 0 bridgehead atoms. The van der Waals surface area contributed by atoms with Crippen LogP contribution in [0.25, 0.3) is 0 Å². The van der Waals surface area contributed by atoms with Gasteiger partial charge in [0.05, 0.1) is 7.11 Å². The van der Waals surface area contributed by atoms with E-state index in [1.165, 1.54) is 50.2 Å². The van der Waals surface area contributed by atoms with E-state index in [1.54, 1.807) is 38.3 Å². The van der Waals surface area contributed by atoms with Gasteiger partial charge >= 0.3 is 0 Å². The molecule has 0 heterocycles. The van der Waals surface area contributed by atoms with Gasteiger partial charge in [-0.15, -0.1) is 0 Å². The zero-order valence-corrected chi connectivity index (χ0v) is 33.0. The van der Waals surface area contributed by atoms with Crippen molar-refractivity contribution >= 4 is 11.6 Å². The lowest BCUT2D eigenvalue weighted by molar-refractivity contribution is 0.102. The van der Waals surface area contributed by atoms with Crippen LogP contribution in [0.5, 0.6) is 28.7 Å². The normalized spacial score (nSPS) is 11.7. The molecule has 0 saturated heterocycles. The van der Waals surface area contributed by atoms with Gasteiger partial charge in [0.1, 0.15) is 34.1 Å². The van der Waals surface area contributed by atoms with E-state index >= 15 is 26.3 Å². The average Bonchev–Trinajstić information content (AvgIpc) is 3.24. The molecular formula is C47H36F8O5. The Labute approximate surface area is 340 Å². The van der Waals surface area contributed by atoms with Crippen molar-refractivity contribution in [2.24, 2.45) is 0 Å². The van der Waals surface area contributed by atoms with E-state index in [-0.39, 0.29) is 34.8 Å². The zero-order chi connectivity index (χ0) is 43.8. The first kappa shape index (κ1) is 43.1. The molecule has 0 atom stereocenters. The minimum Gasteiger partial charge on any atom is -0.497 e. The lowest BCUT2D eigenvalue weighted by Gasteiger charge is -2.26. The van der Waals surface area contributed by atoms with Crippen molar-refractivity contribution in [3.63, 3.8) is 0 Å². The minimum atomic E-state index is -1.98. The van der Waals surface area contributed by atoms with Crippen LogP contribution in [0.1, 0.15) is 89.6 Å². The predicted octanol–water partition coefficient (Wildman–Crippen LogP) is 12.9. The Balaban J connectivity index is 1.16. The quantitative estimate of drug-likeness (QED) is 0.0659. The van der Waals surface area contributed by atoms with Crippen LogP contribution in [-0.4, -0.2) is 18.7 Å². The molecule has 0 saturated carbocycles. The van der Waals surface area contributed by atoms with Gasteiger partial charge in [-0.2, -0.15) is 8.78 Å². The number of ether oxygens (including phenoxy) is 3. The Morgan fingerprint density at radius 3 is 1.17 bits per heavy atom. The zero-order valence-electron chi connectivity index (χ0n) is 33.0. The summed E-state index contributed by atoms with van der Waals surface area (Å²) in [6.45, 7) is 8.31. The van der Waals surface area contributed by atoms with Crippen molar-refractivity contribution in [2.75, 3.05) is 7.11 Å². The van der Waals surface area contributed by atoms with Gasteiger partial charge in [-0.3, -0.25) is 9.59 Å². The number of methoxy groups -OCH3 is 1. The number of rotatable bonds is 13. The van der Waals surface area contributed by atoms with Gasteiger partial charge in [0, 0.05) is 22.1 Å². The van der Waals surface area contributed by atoms with Gasteiger partial charge in [-0.1, -0.05) is 58.9 Å². The lowest BCUT2D eigenvalue weighted by Crippen LogP contribution is -2.24. The highest BCUT2D eigenvalue weighted by molar-refractivity contribution is 6.10. The molecule has 0 aliphatic rings. The highest BCUT2D eigenvalue weighted by Crippen LogP contribution is 2.39. The minimum absolute atomic E-state index is 0.0430. The average molecular weight is 833 g/mol. The SMILES string of the molecule is CCC(C)(C)c1c(F)c(F)c(C(=O)c2ccc(Oc3ccc(C(=O)c4c(F)c(F)c(Oc5ccc(C(C)(C)c6ccc(OC)cc6)cc5)c(F)c4F)cc3)cc2)c(F)c1F. The van der Waals surface area contributed by atoms with Crippen molar-refractivity contribution < 1.29 is 58.9 Å². The third-order valence-corrected chi connectivity index (χ3v) is 10.6. The molecule has 5 nitrogen and oxygen atoms in total. The van der Waals surface area contributed by atoms with Gasteiger partial charge < -0.3 is 14.2 Å². The molecule has 0 unspecified atom stereocenters. The summed E-state index contributed by atoms with van der Waals surface area (Å²) in [4.78, 5) is 26.2. The maximum absolute atomic E-state index is 15.3. The summed E-state index contributed by atoms with van der Waals surface area (Å²) >= 11 is 0. The molecule has 0 aliphatic carbocycles. The third kappa shape index (κ3) is 7.95. The number of hydrogen-bond donors (Lipinski definition) is 0. The van der Waals surface area contributed by atoms with Crippen LogP contribution in [0.3, 0.4) is 0 Å². The highest BCUT2D eigenvalue weighted by Gasteiger charge is 2.36. The molecule has 13 heteroatoms. The Bertz CT molecular complexity index is 2550. The molecule has 0 amide bonds. The molecule has 0 aliphatic heterocycles. The van der Waals surface area contributed by atoms with Crippen LogP contribution < -0.4 is 14.2 Å². The highest BCUT2D eigenvalue weighted by atomic mass is 19.2. The van der Waals surface area contributed by atoms with Crippen LogP contribution >= 0.6 is 0 Å². The first-order valence-corrected chi connectivity index (χ1v) is 18.4. The molecule has 310 valence electrons. The lowest BCUT2D eigenvalue weighted by atomic mass is 9.78. The monoisotopic (exact) mass is 832 g/mol. The summed E-state index contributed by atoms with van der Waals surface area (Å²) in [6.07, 6.45) is 0.151. The summed E-state index contributed by atoms with van der Waals surface area (Å²) in [5, 5.41) is 0. The van der Waals surface area contributed by atoms with Crippen molar-refractivity contribution in [1.82, 2.24) is 0 Å². The second-order valence-electron chi connectivity index (χ2n) is 15.0. The third-order valence-electron chi connectivity index (χ3n) is 10.6. The number of halogens is 8. The van der Waals surface area contributed by atoms with Crippen LogP contribution in [-0.2, 0) is 10.8 Å². The smallest absolute Gasteiger partial charge is 0.205 e. The van der Waals surface area contributed by atoms with E-state index in [0.29, 0.717) is 5.75 Å². The Kier molecular flexibility index (Phi) is 11.9. The fourth-order valence-corrected chi connectivity index (χ4v) is 6.51. The van der Waals surface area contributed by atoms with E-state index in [0.717, 1.165) is 35.4 Å². The van der Waals surface area contributed by atoms with Gasteiger partial charge in [0.25, 0.3) is 0 Å². The Hall–Kier alpha value is -6.50. The molecule has 6 aromatic rings. The van der Waals surface area contributed by atoms with Gasteiger partial charge in [0.15, 0.2) is 46.5 Å². The number of benzene rings is 6. The first-order valence-electron chi connectivity index (χ1n) is 18.4. The van der Waals surface area contributed by atoms with Crippen LogP contribution in [0.15, 0.2) is 97.1 Å². The number of ketones is 2. The number of carbonyl (C=O) groups is 2. The Morgan fingerprint density at radius 2 is 0.800 bits per heavy atom. The molecule has 60 heavy (non-hydrogen) atoms. The van der Waals surface area contributed by atoms with Crippen molar-refractivity contribution in [3.8, 4) is 28.7 Å². The molecule has 0 N–H and O–H groups in total. The fraction of sp³-hybridized carbons (Fsp3) is 0.191. The largest absolute Gasteiger partial charge is 0.497 e. The summed E-state index contributed by atoms with van der Waals surface area (Å²) < 4.78 is 137. The van der Waals surface area contributed by atoms with Crippen molar-refractivity contribution in [2.45, 2.75) is 51.9 Å². The second-order valence-corrected chi connectivity index (χ2v) is 15.0. The summed E-state index contributed by atoms with van der Waals surface area (Å²) in [6, 6.07) is 22.6. The summed E-state index contributed by atoms with van der Waals surface area (Å²) in [7, 11) is 1.55. The van der Waals surface area contributed by atoms with E-state index in [9.17, 15) is 18.4 Å². The fourth-order valence-electron chi connectivity index (χ4n) is 6.51. The van der Waals surface area contributed by atoms with E-state index < -0.39 is 91.4 Å². The first-order chi connectivity index (χ1) is 28.3. The van der Waals surface area contributed by atoms with E-state index in [2.05, 4.69) is 0 Å². The maximum Gasteiger partial charge on any atom is 0.205 e. The summed E-state index contributed by atoms with van der Waals surface area (Å²) in [5.74, 6) is -18.3. The molecule has 6 rings (SSSR count). The maximum atomic E-state index is 15.3. The van der Waals surface area contributed by atoms with Crippen LogP contribution in [0.2, 0.25) is 0 Å². The van der Waals surface area contributed by atoms with Gasteiger partial charge in [-0.25, -0.2) is 26.3 Å². The molecule has 6 aromatic carbocycles. The molecule has 0 aromatic heterocycles. The molecular weight excluding hydrogens is 796 g/mol. The number of carbonyl (C=O) groups excluding carboxylic acids is 2. The summed E-state index contributed by atoms with van der Waals surface area (Å²) in [5.41, 5.74) is -4.47. The van der Waals surface area contributed by atoms with Crippen molar-refractivity contribution in [3.05, 3.63) is 183 Å². The molecule has 0 spiro atoms. The number of hydrogen-bond acceptors (Lipinski definition) is 5. The van der Waals surface area contributed by atoms with Crippen molar-refractivity contribution in [1.29, 1.82) is 0 Å².